The van der Waals surface area contributed by atoms with Gasteiger partial charge < -0.3 is 14.9 Å². The molecular weight excluding hydrogens is 276 g/mol. The lowest BCUT2D eigenvalue weighted by atomic mass is 10.1. The standard InChI is InChI=1S/C14H18N2O5/c1-9-6-4-5-7-10(9)15-16-13(14(19)21-3)11(17)8-12(18)20-2/h4-7,13,15-16H,8H2,1-3H3. The quantitative estimate of drug-likeness (QED) is 0.431. The van der Waals surface area contributed by atoms with Crippen LogP contribution in [-0.4, -0.2) is 38.0 Å². The number of Topliss-reactive ketones (excluding diaryl/α,β-unsaturated/α-hetero) is 1. The van der Waals surface area contributed by atoms with Gasteiger partial charge in [0.05, 0.1) is 19.9 Å². The third kappa shape index (κ3) is 4.88. The number of para-hydroxylation sites is 1. The molecule has 1 unspecified atom stereocenters. The first-order valence-electron chi connectivity index (χ1n) is 6.24. The van der Waals surface area contributed by atoms with E-state index < -0.39 is 30.2 Å². The maximum Gasteiger partial charge on any atom is 0.332 e. The van der Waals surface area contributed by atoms with Gasteiger partial charge in [-0.2, -0.15) is 0 Å². The minimum absolute atomic E-state index is 0.515. The number of ketones is 1. The van der Waals surface area contributed by atoms with E-state index in [0.29, 0.717) is 5.69 Å². The number of nitrogens with one attached hydrogen (secondary N) is 2. The van der Waals surface area contributed by atoms with Crippen LogP contribution < -0.4 is 10.9 Å². The number of hydrogen-bond donors (Lipinski definition) is 2. The lowest BCUT2D eigenvalue weighted by Crippen LogP contribution is -2.47. The summed E-state index contributed by atoms with van der Waals surface area (Å²) >= 11 is 0. The number of carbonyl (C=O) groups is 3. The first kappa shape index (κ1) is 16.6. The van der Waals surface area contributed by atoms with Crippen LogP contribution >= 0.6 is 0 Å². The molecule has 0 fully saturated rings. The second kappa shape index (κ2) is 8.01. The highest BCUT2D eigenvalue weighted by molar-refractivity contribution is 6.09. The van der Waals surface area contributed by atoms with Crippen LogP contribution in [-0.2, 0) is 23.9 Å². The second-order valence-corrected chi connectivity index (χ2v) is 4.26. The minimum Gasteiger partial charge on any atom is -0.469 e. The summed E-state index contributed by atoms with van der Waals surface area (Å²) < 4.78 is 8.96. The Morgan fingerprint density at radius 3 is 2.38 bits per heavy atom. The van der Waals surface area contributed by atoms with E-state index in [9.17, 15) is 14.4 Å². The highest BCUT2D eigenvalue weighted by Gasteiger charge is 2.29. The third-order valence-electron chi connectivity index (χ3n) is 2.80. The van der Waals surface area contributed by atoms with Crippen molar-refractivity contribution in [1.29, 1.82) is 0 Å². The van der Waals surface area contributed by atoms with Gasteiger partial charge in [-0.25, -0.2) is 10.2 Å². The van der Waals surface area contributed by atoms with Crippen molar-refractivity contribution < 1.29 is 23.9 Å². The molecule has 0 saturated heterocycles. The molecule has 7 nitrogen and oxygen atoms in total. The van der Waals surface area contributed by atoms with Crippen molar-refractivity contribution in [1.82, 2.24) is 5.43 Å². The molecule has 0 heterocycles. The van der Waals surface area contributed by atoms with Crippen LogP contribution in [0.15, 0.2) is 24.3 Å². The fraction of sp³-hybridized carbons (Fsp3) is 0.357. The van der Waals surface area contributed by atoms with E-state index in [1.165, 1.54) is 7.11 Å². The number of anilines is 1. The van der Waals surface area contributed by atoms with Crippen LogP contribution in [0.4, 0.5) is 5.69 Å². The number of benzene rings is 1. The number of hydrogen-bond acceptors (Lipinski definition) is 7. The molecule has 1 rings (SSSR count). The zero-order valence-corrected chi connectivity index (χ0v) is 12.1. The van der Waals surface area contributed by atoms with Gasteiger partial charge in [0.25, 0.3) is 0 Å². The molecule has 0 aliphatic heterocycles. The number of aryl methyl sites for hydroxylation is 1. The van der Waals surface area contributed by atoms with Crippen molar-refractivity contribution in [2.75, 3.05) is 19.6 Å². The van der Waals surface area contributed by atoms with E-state index in [4.69, 9.17) is 0 Å². The molecule has 0 amide bonds. The average molecular weight is 294 g/mol. The first-order chi connectivity index (χ1) is 9.99. The summed E-state index contributed by atoms with van der Waals surface area (Å²) in [5, 5.41) is 0. The van der Waals surface area contributed by atoms with Crippen LogP contribution in [0.1, 0.15) is 12.0 Å². The number of rotatable bonds is 7. The van der Waals surface area contributed by atoms with E-state index in [-0.39, 0.29) is 0 Å². The van der Waals surface area contributed by atoms with E-state index >= 15 is 0 Å². The predicted octanol–water partition coefficient (Wildman–Crippen LogP) is 0.585. The monoisotopic (exact) mass is 294 g/mol. The van der Waals surface area contributed by atoms with Crippen molar-refractivity contribution in [3.8, 4) is 0 Å². The van der Waals surface area contributed by atoms with Crippen molar-refractivity contribution in [2.45, 2.75) is 19.4 Å². The summed E-state index contributed by atoms with van der Waals surface area (Å²) in [5.41, 5.74) is 6.98. The summed E-state index contributed by atoms with van der Waals surface area (Å²) in [5.74, 6) is -2.15. The Balaban J connectivity index is 2.75. The summed E-state index contributed by atoms with van der Waals surface area (Å²) in [7, 11) is 2.33. The number of methoxy groups -OCH3 is 2. The number of carbonyl (C=O) groups excluding carboxylic acids is 3. The van der Waals surface area contributed by atoms with Gasteiger partial charge in [0, 0.05) is 0 Å². The lowest BCUT2D eigenvalue weighted by Gasteiger charge is -2.17. The van der Waals surface area contributed by atoms with Gasteiger partial charge in [-0.15, -0.1) is 0 Å². The molecule has 1 aromatic rings. The zero-order valence-electron chi connectivity index (χ0n) is 12.1. The number of hydrazine groups is 1. The van der Waals surface area contributed by atoms with Crippen molar-refractivity contribution in [2.24, 2.45) is 0 Å². The molecule has 114 valence electrons. The Morgan fingerprint density at radius 1 is 1.14 bits per heavy atom. The normalized spacial score (nSPS) is 11.4. The van der Waals surface area contributed by atoms with E-state index in [1.54, 1.807) is 12.1 Å². The first-order valence-corrected chi connectivity index (χ1v) is 6.24. The molecular formula is C14H18N2O5. The van der Waals surface area contributed by atoms with Crippen LogP contribution in [0.5, 0.6) is 0 Å². The molecule has 0 bridgehead atoms. The SMILES string of the molecule is COC(=O)CC(=O)C(NNc1ccccc1C)C(=O)OC. The van der Waals surface area contributed by atoms with Crippen molar-refractivity contribution in [3.05, 3.63) is 29.8 Å². The van der Waals surface area contributed by atoms with Gasteiger partial charge in [-0.3, -0.25) is 9.59 Å². The summed E-state index contributed by atoms with van der Waals surface area (Å²) in [6.07, 6.45) is -0.515. The summed E-state index contributed by atoms with van der Waals surface area (Å²) in [6.45, 7) is 1.87. The molecule has 1 aromatic carbocycles. The molecule has 0 aliphatic carbocycles. The third-order valence-corrected chi connectivity index (χ3v) is 2.80. The molecule has 0 saturated carbocycles. The molecule has 0 aliphatic rings. The highest BCUT2D eigenvalue weighted by Crippen LogP contribution is 2.12. The average Bonchev–Trinajstić information content (AvgIpc) is 2.48. The zero-order chi connectivity index (χ0) is 15.8. The Morgan fingerprint density at radius 2 is 1.81 bits per heavy atom. The Hall–Kier alpha value is -2.41. The fourth-order valence-electron chi connectivity index (χ4n) is 1.57. The van der Waals surface area contributed by atoms with Gasteiger partial charge in [0.15, 0.2) is 11.8 Å². The number of ether oxygens (including phenoxy) is 2. The molecule has 1 atom stereocenters. The Kier molecular flexibility index (Phi) is 6.35. The van der Waals surface area contributed by atoms with Gasteiger partial charge in [0.2, 0.25) is 0 Å². The van der Waals surface area contributed by atoms with Crippen LogP contribution in [0.25, 0.3) is 0 Å². The van der Waals surface area contributed by atoms with Crippen molar-refractivity contribution >= 4 is 23.4 Å². The highest BCUT2D eigenvalue weighted by atomic mass is 16.5. The largest absolute Gasteiger partial charge is 0.469 e. The lowest BCUT2D eigenvalue weighted by molar-refractivity contribution is -0.148. The Labute approximate surface area is 122 Å². The molecule has 2 N–H and O–H groups in total. The molecule has 0 aromatic heterocycles. The number of esters is 2. The summed E-state index contributed by atoms with van der Waals surface area (Å²) in [6, 6.07) is 6.02. The topological polar surface area (TPSA) is 93.7 Å². The second-order valence-electron chi connectivity index (χ2n) is 4.26. The molecule has 0 spiro atoms. The summed E-state index contributed by atoms with van der Waals surface area (Å²) in [4.78, 5) is 34.7. The predicted molar refractivity (Wildman–Crippen MR) is 75.4 cm³/mol. The van der Waals surface area contributed by atoms with Crippen LogP contribution in [0.2, 0.25) is 0 Å². The van der Waals surface area contributed by atoms with Crippen LogP contribution in [0, 0.1) is 6.92 Å². The van der Waals surface area contributed by atoms with Crippen LogP contribution in [0.3, 0.4) is 0 Å². The smallest absolute Gasteiger partial charge is 0.332 e. The van der Waals surface area contributed by atoms with E-state index in [0.717, 1.165) is 12.7 Å². The fourth-order valence-corrected chi connectivity index (χ4v) is 1.57. The molecule has 7 heteroatoms. The minimum atomic E-state index is -1.30. The maximum atomic E-state index is 11.9. The van der Waals surface area contributed by atoms with Gasteiger partial charge >= 0.3 is 11.9 Å². The van der Waals surface area contributed by atoms with Gasteiger partial charge in [-0.1, -0.05) is 18.2 Å². The Bertz CT molecular complexity index is 530. The maximum absolute atomic E-state index is 11.9. The van der Waals surface area contributed by atoms with E-state index in [2.05, 4.69) is 20.3 Å². The molecule has 21 heavy (non-hydrogen) atoms. The van der Waals surface area contributed by atoms with Gasteiger partial charge in [0.1, 0.15) is 6.42 Å². The van der Waals surface area contributed by atoms with E-state index in [1.807, 2.05) is 19.1 Å². The van der Waals surface area contributed by atoms with Gasteiger partial charge in [-0.05, 0) is 18.6 Å². The van der Waals surface area contributed by atoms with Crippen molar-refractivity contribution in [3.63, 3.8) is 0 Å². The molecule has 0 radical (unpaired) electrons.